The summed E-state index contributed by atoms with van der Waals surface area (Å²) in [6.45, 7) is 5.39. The van der Waals surface area contributed by atoms with E-state index in [0.29, 0.717) is 10.6 Å². The van der Waals surface area contributed by atoms with Crippen molar-refractivity contribution in [3.05, 3.63) is 53.2 Å². The maximum Gasteiger partial charge on any atom is 0.341 e. The van der Waals surface area contributed by atoms with E-state index in [1.165, 1.54) is 22.9 Å². The average Bonchev–Trinajstić information content (AvgIpc) is 2.70. The van der Waals surface area contributed by atoms with Crippen LogP contribution >= 0.6 is 11.8 Å². The van der Waals surface area contributed by atoms with E-state index < -0.39 is 5.97 Å². The number of carbonyl (C=O) groups excluding carboxylic acids is 2. The number of amides is 1. The van der Waals surface area contributed by atoms with Gasteiger partial charge in [-0.15, -0.1) is 0 Å². The number of esters is 1. The van der Waals surface area contributed by atoms with Gasteiger partial charge in [0.05, 0.1) is 5.56 Å². The van der Waals surface area contributed by atoms with Crippen LogP contribution in [0.15, 0.2) is 46.5 Å². The van der Waals surface area contributed by atoms with Gasteiger partial charge in [0.2, 0.25) is 0 Å². The van der Waals surface area contributed by atoms with Crippen molar-refractivity contribution in [1.29, 1.82) is 0 Å². The topological polar surface area (TPSA) is 59.5 Å². The van der Waals surface area contributed by atoms with Crippen molar-refractivity contribution in [2.75, 3.05) is 19.7 Å². The van der Waals surface area contributed by atoms with Crippen LogP contribution in [0.3, 0.4) is 0 Å². The van der Waals surface area contributed by atoms with Gasteiger partial charge in [-0.2, -0.15) is 0 Å². The fourth-order valence-electron chi connectivity index (χ4n) is 2.96. The predicted octanol–water partition coefficient (Wildman–Crippen LogP) is 4.02. The maximum atomic E-state index is 12.5. The van der Waals surface area contributed by atoms with Crippen LogP contribution in [0.1, 0.15) is 40.7 Å². The van der Waals surface area contributed by atoms with Gasteiger partial charge in [0.15, 0.2) is 6.61 Å². The first kappa shape index (κ1) is 19.4. The minimum atomic E-state index is -0.514. The number of piperidine rings is 1. The molecule has 1 saturated heterocycles. The molecule has 5 nitrogen and oxygen atoms in total. The van der Waals surface area contributed by atoms with E-state index >= 15 is 0 Å². The molecule has 1 aromatic carbocycles. The zero-order valence-electron chi connectivity index (χ0n) is 15.7. The van der Waals surface area contributed by atoms with Crippen molar-refractivity contribution in [3.63, 3.8) is 0 Å². The van der Waals surface area contributed by atoms with Gasteiger partial charge in [0.25, 0.3) is 5.91 Å². The predicted molar refractivity (Wildman–Crippen MR) is 105 cm³/mol. The SMILES string of the molecule is Cc1ccc(Sc2ncccc2C(=O)OCC(=O)N2CCCCC2)cc1C. The number of hydrogen-bond acceptors (Lipinski definition) is 5. The number of pyridine rings is 1. The fraction of sp³-hybridized carbons (Fsp3) is 0.381. The summed E-state index contributed by atoms with van der Waals surface area (Å²) in [5.41, 5.74) is 2.79. The number of nitrogens with zero attached hydrogens (tertiary/aromatic N) is 2. The van der Waals surface area contributed by atoms with E-state index in [1.54, 1.807) is 23.2 Å². The Hall–Kier alpha value is -2.34. The van der Waals surface area contributed by atoms with E-state index in [1.807, 2.05) is 6.07 Å². The molecule has 0 N–H and O–H groups in total. The zero-order chi connectivity index (χ0) is 19.2. The molecule has 0 spiro atoms. The van der Waals surface area contributed by atoms with Gasteiger partial charge >= 0.3 is 5.97 Å². The molecular weight excluding hydrogens is 360 g/mol. The third kappa shape index (κ3) is 5.10. The third-order valence-electron chi connectivity index (χ3n) is 4.72. The first-order valence-corrected chi connectivity index (χ1v) is 10.0. The average molecular weight is 385 g/mol. The smallest absolute Gasteiger partial charge is 0.341 e. The highest BCUT2D eigenvalue weighted by Crippen LogP contribution is 2.30. The number of aromatic nitrogens is 1. The van der Waals surface area contributed by atoms with Gasteiger partial charge in [-0.3, -0.25) is 4.79 Å². The minimum absolute atomic E-state index is 0.129. The van der Waals surface area contributed by atoms with E-state index in [0.717, 1.165) is 37.2 Å². The number of aryl methyl sites for hydroxylation is 2. The summed E-state index contributed by atoms with van der Waals surface area (Å²) in [5, 5.41) is 0.580. The number of likely N-dealkylation sites (tertiary alicyclic amines) is 1. The lowest BCUT2D eigenvalue weighted by Crippen LogP contribution is -2.38. The van der Waals surface area contributed by atoms with Crippen molar-refractivity contribution >= 4 is 23.6 Å². The van der Waals surface area contributed by atoms with E-state index in [2.05, 4.69) is 31.0 Å². The second-order valence-electron chi connectivity index (χ2n) is 6.72. The van der Waals surface area contributed by atoms with Crippen LogP contribution in [0, 0.1) is 13.8 Å². The molecule has 3 rings (SSSR count). The molecule has 1 fully saturated rings. The summed E-state index contributed by atoms with van der Waals surface area (Å²) in [4.78, 5) is 31.8. The van der Waals surface area contributed by atoms with Crippen LogP contribution in [0.25, 0.3) is 0 Å². The van der Waals surface area contributed by atoms with Crippen LogP contribution in [0.2, 0.25) is 0 Å². The van der Waals surface area contributed by atoms with Crippen LogP contribution in [-0.4, -0.2) is 41.5 Å². The molecule has 6 heteroatoms. The number of hydrogen-bond donors (Lipinski definition) is 0. The summed E-state index contributed by atoms with van der Waals surface area (Å²) in [5.74, 6) is -0.643. The normalized spacial score (nSPS) is 14.1. The highest BCUT2D eigenvalue weighted by atomic mass is 32.2. The van der Waals surface area contributed by atoms with Crippen LogP contribution in [0.4, 0.5) is 0 Å². The van der Waals surface area contributed by atoms with Crippen molar-refractivity contribution in [2.45, 2.75) is 43.0 Å². The lowest BCUT2D eigenvalue weighted by molar-refractivity contribution is -0.135. The zero-order valence-corrected chi connectivity index (χ0v) is 16.6. The van der Waals surface area contributed by atoms with Gasteiger partial charge in [0.1, 0.15) is 5.03 Å². The Morgan fingerprint density at radius 3 is 2.63 bits per heavy atom. The molecule has 0 bridgehead atoms. The van der Waals surface area contributed by atoms with Crippen LogP contribution < -0.4 is 0 Å². The molecule has 2 heterocycles. The van der Waals surface area contributed by atoms with E-state index in [4.69, 9.17) is 4.74 Å². The Labute approximate surface area is 164 Å². The number of ether oxygens (including phenoxy) is 1. The molecular formula is C21H24N2O3S. The molecule has 0 atom stereocenters. The molecule has 142 valence electrons. The first-order chi connectivity index (χ1) is 13.0. The molecule has 0 aliphatic carbocycles. The summed E-state index contributed by atoms with van der Waals surface area (Å²) in [6.07, 6.45) is 4.83. The molecule has 1 amide bonds. The van der Waals surface area contributed by atoms with E-state index in [-0.39, 0.29) is 12.5 Å². The molecule has 27 heavy (non-hydrogen) atoms. The Balaban J connectivity index is 1.66. The van der Waals surface area contributed by atoms with Crippen molar-refractivity contribution in [1.82, 2.24) is 9.88 Å². The highest BCUT2D eigenvalue weighted by molar-refractivity contribution is 7.99. The fourth-order valence-corrected chi connectivity index (χ4v) is 3.93. The summed E-state index contributed by atoms with van der Waals surface area (Å²) in [7, 11) is 0. The van der Waals surface area contributed by atoms with Crippen molar-refractivity contribution in [3.8, 4) is 0 Å². The summed E-state index contributed by atoms with van der Waals surface area (Å²) < 4.78 is 5.28. The largest absolute Gasteiger partial charge is 0.452 e. The van der Waals surface area contributed by atoms with Gasteiger partial charge in [0, 0.05) is 24.2 Å². The van der Waals surface area contributed by atoms with Gasteiger partial charge in [-0.25, -0.2) is 9.78 Å². The number of benzene rings is 1. The Kier molecular flexibility index (Phi) is 6.50. The molecule has 0 saturated carbocycles. The quantitative estimate of drug-likeness (QED) is 0.729. The van der Waals surface area contributed by atoms with Crippen molar-refractivity contribution < 1.29 is 14.3 Å². The maximum absolute atomic E-state index is 12.5. The Morgan fingerprint density at radius 2 is 1.89 bits per heavy atom. The molecule has 0 unspecified atom stereocenters. The number of rotatable bonds is 5. The first-order valence-electron chi connectivity index (χ1n) is 9.19. The monoisotopic (exact) mass is 384 g/mol. The second kappa shape index (κ2) is 9.04. The third-order valence-corrected chi connectivity index (χ3v) is 5.73. The lowest BCUT2D eigenvalue weighted by atomic mass is 10.1. The van der Waals surface area contributed by atoms with Gasteiger partial charge in [-0.1, -0.05) is 17.8 Å². The second-order valence-corrected chi connectivity index (χ2v) is 7.78. The highest BCUT2D eigenvalue weighted by Gasteiger charge is 2.20. The van der Waals surface area contributed by atoms with Crippen LogP contribution in [-0.2, 0) is 9.53 Å². The Bertz CT molecular complexity index is 832. The molecule has 1 aliphatic rings. The van der Waals surface area contributed by atoms with E-state index in [9.17, 15) is 9.59 Å². The molecule has 0 radical (unpaired) electrons. The summed E-state index contributed by atoms with van der Waals surface area (Å²) in [6, 6.07) is 9.52. The standard InChI is InChI=1S/C21H24N2O3S/c1-15-8-9-17(13-16(15)2)27-20-18(7-6-10-22-20)21(25)26-14-19(24)23-11-4-3-5-12-23/h6-10,13H,3-5,11-12,14H2,1-2H3. The molecule has 1 aromatic heterocycles. The van der Waals surface area contributed by atoms with Gasteiger partial charge < -0.3 is 9.64 Å². The van der Waals surface area contributed by atoms with Crippen LogP contribution in [0.5, 0.6) is 0 Å². The van der Waals surface area contributed by atoms with Gasteiger partial charge in [-0.05, 0) is 68.5 Å². The molecule has 2 aromatic rings. The summed E-state index contributed by atoms with van der Waals surface area (Å²) >= 11 is 1.42. The Morgan fingerprint density at radius 1 is 1.11 bits per heavy atom. The lowest BCUT2D eigenvalue weighted by Gasteiger charge is -2.26. The van der Waals surface area contributed by atoms with Crippen molar-refractivity contribution in [2.24, 2.45) is 0 Å². The molecule has 1 aliphatic heterocycles. The minimum Gasteiger partial charge on any atom is -0.452 e. The number of carbonyl (C=O) groups is 2.